The van der Waals surface area contributed by atoms with Crippen LogP contribution in [-0.4, -0.2) is 81.4 Å². The average Bonchev–Trinajstić information content (AvgIpc) is 2.87. The minimum Gasteiger partial charge on any atom is -0.405 e. The fourth-order valence-corrected chi connectivity index (χ4v) is 1.26. The predicted molar refractivity (Wildman–Crippen MR) is 88.4 cm³/mol. The minimum atomic E-state index is -2.67. The van der Waals surface area contributed by atoms with Gasteiger partial charge in [-0.05, 0) is 13.0 Å². The Balaban J connectivity index is -0.000000305. The van der Waals surface area contributed by atoms with E-state index in [9.17, 15) is 17.3 Å². The molecule has 1 aromatic rings. The molecule has 0 fully saturated rings. The SMILES string of the molecule is CCN1Cc2ccccc2O1.OB(O)F.OB(O)F.OB(O)F.OB(O)F. The Morgan fingerprint density at radius 3 is 1.44 bits per heavy atom. The predicted octanol–water partition coefficient (Wildman–Crippen LogP) is -2.48. The summed E-state index contributed by atoms with van der Waals surface area (Å²) in [5, 5.41) is 57.5. The van der Waals surface area contributed by atoms with E-state index in [-0.39, 0.29) is 0 Å². The third-order valence-electron chi connectivity index (χ3n) is 1.90. The maximum atomic E-state index is 10.1. The van der Waals surface area contributed by atoms with Crippen LogP contribution in [0.1, 0.15) is 12.5 Å². The summed E-state index contributed by atoms with van der Waals surface area (Å²) in [6, 6.07) is 8.15. The first-order valence-corrected chi connectivity index (χ1v) is 6.85. The molecule has 8 N–H and O–H groups in total. The van der Waals surface area contributed by atoms with E-state index in [1.54, 1.807) is 0 Å². The van der Waals surface area contributed by atoms with Crippen LogP contribution in [0.3, 0.4) is 0 Å². The third-order valence-corrected chi connectivity index (χ3v) is 1.90. The van der Waals surface area contributed by atoms with Gasteiger partial charge >= 0.3 is 29.6 Å². The number of fused-ring (bicyclic) bond motifs is 1. The summed E-state index contributed by atoms with van der Waals surface area (Å²) in [7, 11) is -10.7. The number of rotatable bonds is 1. The second-order valence-electron chi connectivity index (χ2n) is 3.90. The van der Waals surface area contributed by atoms with Gasteiger partial charge in [0.1, 0.15) is 0 Å². The highest BCUT2D eigenvalue weighted by molar-refractivity contribution is 6.32. The van der Waals surface area contributed by atoms with Gasteiger partial charge in [-0.2, -0.15) is 0 Å². The molecule has 0 saturated heterocycles. The van der Waals surface area contributed by atoms with Gasteiger partial charge in [0.25, 0.3) is 0 Å². The third kappa shape index (κ3) is 32.7. The van der Waals surface area contributed by atoms with Crippen molar-refractivity contribution in [2.75, 3.05) is 6.54 Å². The standard InChI is InChI=1S/C9H11NO.4BFH2O2/c1-2-10-7-8-5-3-4-6-9(8)11-10;4*2-1(3)4/h3-6H,2,7H2,1H3;4*3-4H. The van der Waals surface area contributed by atoms with Gasteiger partial charge in [-0.15, -0.1) is 5.06 Å². The van der Waals surface area contributed by atoms with Crippen molar-refractivity contribution in [2.24, 2.45) is 0 Å². The molecular formula is C9H19B4F4NO9. The zero-order valence-electron chi connectivity index (χ0n) is 14.0. The summed E-state index contributed by atoms with van der Waals surface area (Å²) >= 11 is 0. The Bertz CT molecular complexity index is 394. The smallest absolute Gasteiger partial charge is 0.405 e. The van der Waals surface area contributed by atoms with Gasteiger partial charge in [0, 0.05) is 12.1 Å². The molecule has 0 unspecified atom stereocenters. The van der Waals surface area contributed by atoms with Crippen molar-refractivity contribution < 1.29 is 62.3 Å². The molecule has 154 valence electrons. The molecule has 18 heteroatoms. The van der Waals surface area contributed by atoms with E-state index >= 15 is 0 Å². The fraction of sp³-hybridized carbons (Fsp3) is 0.333. The molecule has 0 amide bonds. The molecule has 1 aromatic carbocycles. The summed E-state index contributed by atoms with van der Waals surface area (Å²) in [5.74, 6) is 1.01. The summed E-state index contributed by atoms with van der Waals surface area (Å²) in [6.45, 7) is 3.95. The van der Waals surface area contributed by atoms with E-state index in [1.807, 2.05) is 23.3 Å². The number of hydrogen-bond donors (Lipinski definition) is 8. The first-order valence-electron chi connectivity index (χ1n) is 6.85. The molecule has 0 radical (unpaired) electrons. The molecule has 10 nitrogen and oxygen atoms in total. The lowest BCUT2D eigenvalue weighted by atomic mass is 10.2. The van der Waals surface area contributed by atoms with Crippen molar-refractivity contribution in [3.05, 3.63) is 29.8 Å². The number of nitrogens with zero attached hydrogens (tertiary/aromatic N) is 1. The van der Waals surface area contributed by atoms with E-state index in [0.29, 0.717) is 0 Å². The molecule has 0 spiro atoms. The zero-order valence-corrected chi connectivity index (χ0v) is 14.0. The van der Waals surface area contributed by atoms with Crippen LogP contribution in [0, 0.1) is 0 Å². The summed E-state index contributed by atoms with van der Waals surface area (Å²) in [4.78, 5) is 5.49. The van der Waals surface area contributed by atoms with Crippen LogP contribution >= 0.6 is 0 Å². The van der Waals surface area contributed by atoms with Crippen molar-refractivity contribution in [3.63, 3.8) is 0 Å². The minimum absolute atomic E-state index is 0.923. The molecular weight excluding hydrogens is 385 g/mol. The molecule has 0 atom stereocenters. The van der Waals surface area contributed by atoms with Crippen molar-refractivity contribution in [3.8, 4) is 5.75 Å². The van der Waals surface area contributed by atoms with Gasteiger partial charge in [0.2, 0.25) is 0 Å². The average molecular weight is 404 g/mol. The summed E-state index contributed by atoms with van der Waals surface area (Å²) in [6.07, 6.45) is 0. The van der Waals surface area contributed by atoms with Crippen LogP contribution in [-0.2, 0) is 6.54 Å². The maximum absolute atomic E-state index is 10.1. The Labute approximate surface area is 153 Å². The molecule has 0 saturated carbocycles. The molecule has 1 aliphatic heterocycles. The van der Waals surface area contributed by atoms with Gasteiger partial charge in [-0.1, -0.05) is 18.2 Å². The van der Waals surface area contributed by atoms with E-state index in [4.69, 9.17) is 45.0 Å². The Kier molecular flexibility index (Phi) is 21.8. The molecule has 0 aliphatic carbocycles. The van der Waals surface area contributed by atoms with Crippen molar-refractivity contribution >= 4 is 29.6 Å². The molecule has 0 aromatic heterocycles. The summed E-state index contributed by atoms with van der Waals surface area (Å²) in [5.41, 5.74) is 1.29. The van der Waals surface area contributed by atoms with E-state index in [1.165, 1.54) is 5.56 Å². The van der Waals surface area contributed by atoms with Gasteiger partial charge < -0.3 is 45.0 Å². The second kappa shape index (κ2) is 19.4. The first kappa shape index (κ1) is 30.4. The van der Waals surface area contributed by atoms with Crippen LogP contribution in [0.5, 0.6) is 5.75 Å². The van der Waals surface area contributed by atoms with Crippen LogP contribution in [0.25, 0.3) is 0 Å². The lowest BCUT2D eigenvalue weighted by Gasteiger charge is -2.09. The van der Waals surface area contributed by atoms with Gasteiger partial charge in [0.05, 0.1) is 6.54 Å². The van der Waals surface area contributed by atoms with Crippen molar-refractivity contribution in [2.45, 2.75) is 13.5 Å². The van der Waals surface area contributed by atoms with Crippen LogP contribution in [0.15, 0.2) is 24.3 Å². The molecule has 27 heavy (non-hydrogen) atoms. The topological polar surface area (TPSA) is 174 Å². The van der Waals surface area contributed by atoms with Crippen LogP contribution in [0.2, 0.25) is 0 Å². The fourth-order valence-electron chi connectivity index (χ4n) is 1.26. The number of para-hydroxylation sites is 1. The van der Waals surface area contributed by atoms with E-state index < -0.39 is 29.6 Å². The maximum Gasteiger partial charge on any atom is 0.674 e. The van der Waals surface area contributed by atoms with Gasteiger partial charge in [-0.25, -0.2) is 0 Å². The molecule has 1 heterocycles. The largest absolute Gasteiger partial charge is 0.674 e. The van der Waals surface area contributed by atoms with Crippen molar-refractivity contribution in [1.82, 2.24) is 5.06 Å². The number of hydroxylamine groups is 2. The molecule has 1 aliphatic rings. The normalized spacial score (nSPS) is 10.6. The first-order chi connectivity index (χ1) is 12.3. The number of hydrogen-bond acceptors (Lipinski definition) is 10. The number of benzene rings is 1. The van der Waals surface area contributed by atoms with Crippen LogP contribution < -0.4 is 4.84 Å². The van der Waals surface area contributed by atoms with Crippen molar-refractivity contribution in [1.29, 1.82) is 0 Å². The second-order valence-corrected chi connectivity index (χ2v) is 3.90. The molecule has 2 rings (SSSR count). The Morgan fingerprint density at radius 1 is 0.815 bits per heavy atom. The highest BCUT2D eigenvalue weighted by Crippen LogP contribution is 2.26. The van der Waals surface area contributed by atoms with E-state index in [2.05, 4.69) is 13.0 Å². The monoisotopic (exact) mass is 405 g/mol. The van der Waals surface area contributed by atoms with Crippen LogP contribution in [0.4, 0.5) is 17.3 Å². The van der Waals surface area contributed by atoms with Gasteiger partial charge in [-0.3, -0.25) is 17.3 Å². The highest BCUT2D eigenvalue weighted by Gasteiger charge is 2.17. The van der Waals surface area contributed by atoms with E-state index in [0.717, 1.165) is 18.8 Å². The summed E-state index contributed by atoms with van der Waals surface area (Å²) < 4.78 is 40.4. The molecule has 0 bridgehead atoms. The Hall–Kier alpha value is -1.36. The number of halogens is 4. The highest BCUT2D eigenvalue weighted by atomic mass is 19.1. The quantitative estimate of drug-likeness (QED) is 0.185. The zero-order chi connectivity index (χ0) is 22.0. The lowest BCUT2D eigenvalue weighted by molar-refractivity contribution is -0.0372. The lowest BCUT2D eigenvalue weighted by Crippen LogP contribution is -2.20. The Morgan fingerprint density at radius 2 is 1.15 bits per heavy atom. The van der Waals surface area contributed by atoms with Gasteiger partial charge in [0.15, 0.2) is 5.75 Å².